The molecule has 1 saturated heterocycles. The Hall–Kier alpha value is -0.580. The molecular weight excluding hydrogens is 294 g/mol. The van der Waals surface area contributed by atoms with Gasteiger partial charge in [-0.1, -0.05) is 37.6 Å². The second-order valence-electron chi connectivity index (χ2n) is 5.88. The van der Waals surface area contributed by atoms with Gasteiger partial charge in [-0.3, -0.25) is 0 Å². The number of rotatable bonds is 5. The molecule has 0 saturated carbocycles. The van der Waals surface area contributed by atoms with Crippen molar-refractivity contribution >= 4 is 21.4 Å². The summed E-state index contributed by atoms with van der Waals surface area (Å²) in [4.78, 5) is 0. The fourth-order valence-corrected chi connectivity index (χ4v) is 4.78. The average molecular weight is 316 g/mol. The first-order valence-corrected chi connectivity index (χ1v) is 9.26. The van der Waals surface area contributed by atoms with Gasteiger partial charge in [0.15, 0.2) is 9.84 Å². The quantitative estimate of drug-likeness (QED) is 0.909. The second kappa shape index (κ2) is 6.46. The lowest BCUT2D eigenvalue weighted by molar-refractivity contribution is 0.422. The summed E-state index contributed by atoms with van der Waals surface area (Å²) in [5, 5.41) is 4.15. The zero-order valence-corrected chi connectivity index (χ0v) is 13.5. The summed E-state index contributed by atoms with van der Waals surface area (Å²) in [6, 6.07) is 8.17. The minimum Gasteiger partial charge on any atom is -0.314 e. The first-order valence-electron chi connectivity index (χ1n) is 7.06. The van der Waals surface area contributed by atoms with Crippen LogP contribution in [0, 0.1) is 5.92 Å². The predicted octanol–water partition coefficient (Wildman–Crippen LogP) is 2.86. The van der Waals surface area contributed by atoms with E-state index < -0.39 is 9.84 Å². The highest BCUT2D eigenvalue weighted by molar-refractivity contribution is 7.91. The molecule has 2 rings (SSSR count). The summed E-state index contributed by atoms with van der Waals surface area (Å²) in [6.07, 6.45) is 0.759. The molecule has 0 aliphatic carbocycles. The maximum Gasteiger partial charge on any atom is 0.150 e. The molecule has 0 spiro atoms. The van der Waals surface area contributed by atoms with E-state index in [4.69, 9.17) is 11.6 Å². The van der Waals surface area contributed by atoms with Crippen LogP contribution in [0.5, 0.6) is 0 Å². The lowest BCUT2D eigenvalue weighted by atomic mass is 9.85. The third-order valence-electron chi connectivity index (χ3n) is 3.88. The molecule has 20 heavy (non-hydrogen) atoms. The van der Waals surface area contributed by atoms with Gasteiger partial charge in [0.05, 0.1) is 11.5 Å². The molecule has 1 heterocycles. The fourth-order valence-electron chi connectivity index (χ4n) is 2.77. The molecule has 1 aliphatic heterocycles. The Morgan fingerprint density at radius 1 is 1.30 bits per heavy atom. The van der Waals surface area contributed by atoms with Gasteiger partial charge in [-0.15, -0.1) is 0 Å². The van der Waals surface area contributed by atoms with Crippen molar-refractivity contribution in [3.8, 4) is 0 Å². The van der Waals surface area contributed by atoms with Crippen molar-refractivity contribution in [3.05, 3.63) is 34.9 Å². The summed E-state index contributed by atoms with van der Waals surface area (Å²) < 4.78 is 23.5. The van der Waals surface area contributed by atoms with Gasteiger partial charge in [-0.25, -0.2) is 8.42 Å². The Morgan fingerprint density at radius 2 is 1.95 bits per heavy atom. The highest BCUT2D eigenvalue weighted by Crippen LogP contribution is 2.33. The van der Waals surface area contributed by atoms with Gasteiger partial charge in [0.2, 0.25) is 0 Å². The van der Waals surface area contributed by atoms with Gasteiger partial charge in [-0.2, -0.15) is 0 Å². The van der Waals surface area contributed by atoms with Crippen molar-refractivity contribution in [1.29, 1.82) is 0 Å². The fraction of sp³-hybridized carbons (Fsp3) is 0.600. The van der Waals surface area contributed by atoms with Crippen molar-refractivity contribution in [1.82, 2.24) is 5.32 Å². The maximum atomic E-state index is 11.7. The van der Waals surface area contributed by atoms with Gasteiger partial charge >= 0.3 is 0 Å². The number of sulfone groups is 1. The third-order valence-corrected chi connectivity index (χ3v) is 5.93. The number of halogens is 1. The number of benzene rings is 1. The normalized spacial score (nSPS) is 23.1. The monoisotopic (exact) mass is 315 g/mol. The second-order valence-corrected chi connectivity index (χ2v) is 8.55. The number of hydrogen-bond donors (Lipinski definition) is 1. The molecule has 2 atom stereocenters. The van der Waals surface area contributed by atoms with Crippen LogP contribution in [0.3, 0.4) is 0 Å². The molecule has 0 amide bonds. The molecule has 1 fully saturated rings. The molecule has 1 N–H and O–H groups in total. The van der Waals surface area contributed by atoms with Crippen molar-refractivity contribution in [2.45, 2.75) is 32.2 Å². The van der Waals surface area contributed by atoms with E-state index in [1.54, 1.807) is 0 Å². The number of nitrogens with one attached hydrogen (secondary N) is 1. The Bertz CT molecular complexity index is 539. The molecule has 0 aromatic heterocycles. The van der Waals surface area contributed by atoms with Gasteiger partial charge < -0.3 is 5.32 Å². The smallest absolute Gasteiger partial charge is 0.150 e. The summed E-state index contributed by atoms with van der Waals surface area (Å²) in [5.41, 5.74) is 1.17. The molecule has 2 unspecified atom stereocenters. The van der Waals surface area contributed by atoms with Crippen LogP contribution in [0.2, 0.25) is 5.02 Å². The zero-order valence-electron chi connectivity index (χ0n) is 12.0. The van der Waals surface area contributed by atoms with Crippen LogP contribution < -0.4 is 5.32 Å². The maximum absolute atomic E-state index is 11.7. The molecule has 0 radical (unpaired) electrons. The van der Waals surface area contributed by atoms with E-state index in [9.17, 15) is 8.42 Å². The van der Waals surface area contributed by atoms with Crippen molar-refractivity contribution in [2.24, 2.45) is 5.92 Å². The van der Waals surface area contributed by atoms with E-state index in [0.29, 0.717) is 22.6 Å². The lowest BCUT2D eigenvalue weighted by Gasteiger charge is -2.25. The molecule has 1 aliphatic rings. The summed E-state index contributed by atoms with van der Waals surface area (Å²) >= 11 is 5.94. The predicted molar refractivity (Wildman–Crippen MR) is 84.1 cm³/mol. The van der Waals surface area contributed by atoms with E-state index in [0.717, 1.165) is 13.0 Å². The van der Waals surface area contributed by atoms with E-state index in [1.807, 2.05) is 24.3 Å². The van der Waals surface area contributed by atoms with Crippen LogP contribution in [0.25, 0.3) is 0 Å². The molecule has 5 heteroatoms. The SMILES string of the molecule is CC(C)NCC(c1ccc(Cl)cc1)C1CCS(=O)(=O)C1. The van der Waals surface area contributed by atoms with Crippen LogP contribution >= 0.6 is 11.6 Å². The molecular formula is C15H22ClNO2S. The van der Waals surface area contributed by atoms with Crippen LogP contribution in [0.15, 0.2) is 24.3 Å². The van der Waals surface area contributed by atoms with E-state index in [1.165, 1.54) is 5.56 Å². The Balaban J connectivity index is 2.18. The van der Waals surface area contributed by atoms with E-state index >= 15 is 0 Å². The van der Waals surface area contributed by atoms with Gasteiger partial charge in [-0.05, 0) is 30.0 Å². The average Bonchev–Trinajstić information content (AvgIpc) is 2.72. The molecule has 0 bridgehead atoms. The van der Waals surface area contributed by atoms with Gasteiger partial charge in [0, 0.05) is 23.5 Å². The standard InChI is InChI=1S/C15H22ClNO2S/c1-11(2)17-9-15(12-3-5-14(16)6-4-12)13-7-8-20(18,19)10-13/h3-6,11,13,15,17H,7-10H2,1-2H3. The molecule has 1 aromatic rings. The lowest BCUT2D eigenvalue weighted by Crippen LogP contribution is -2.31. The first kappa shape index (κ1) is 15.8. The molecule has 1 aromatic carbocycles. The Kier molecular flexibility index (Phi) is 5.10. The topological polar surface area (TPSA) is 46.2 Å². The molecule has 3 nitrogen and oxygen atoms in total. The van der Waals surface area contributed by atoms with Gasteiger partial charge in [0.1, 0.15) is 0 Å². The van der Waals surface area contributed by atoms with E-state index in [-0.39, 0.29) is 11.8 Å². The van der Waals surface area contributed by atoms with Crippen molar-refractivity contribution in [2.75, 3.05) is 18.1 Å². The summed E-state index contributed by atoms with van der Waals surface area (Å²) in [5.74, 6) is 1.06. The first-order chi connectivity index (χ1) is 9.37. The van der Waals surface area contributed by atoms with Crippen molar-refractivity contribution < 1.29 is 8.42 Å². The summed E-state index contributed by atoms with van der Waals surface area (Å²) in [6.45, 7) is 5.01. The highest BCUT2D eigenvalue weighted by atomic mass is 35.5. The van der Waals surface area contributed by atoms with Crippen LogP contribution in [-0.2, 0) is 9.84 Å². The molecule has 112 valence electrons. The summed E-state index contributed by atoms with van der Waals surface area (Å²) in [7, 11) is -2.85. The van der Waals surface area contributed by atoms with Crippen LogP contribution in [0.4, 0.5) is 0 Å². The van der Waals surface area contributed by atoms with Crippen LogP contribution in [-0.4, -0.2) is 32.5 Å². The highest BCUT2D eigenvalue weighted by Gasteiger charge is 2.34. The minimum atomic E-state index is -2.85. The van der Waals surface area contributed by atoms with E-state index in [2.05, 4.69) is 19.2 Å². The van der Waals surface area contributed by atoms with Crippen LogP contribution in [0.1, 0.15) is 31.7 Å². The Labute approximate surface area is 126 Å². The minimum absolute atomic E-state index is 0.201. The van der Waals surface area contributed by atoms with Crippen molar-refractivity contribution in [3.63, 3.8) is 0 Å². The Morgan fingerprint density at radius 3 is 2.45 bits per heavy atom. The number of hydrogen-bond acceptors (Lipinski definition) is 3. The largest absolute Gasteiger partial charge is 0.314 e. The third kappa shape index (κ3) is 4.21. The zero-order chi connectivity index (χ0) is 14.8. The van der Waals surface area contributed by atoms with Gasteiger partial charge in [0.25, 0.3) is 0 Å².